The van der Waals surface area contributed by atoms with Gasteiger partial charge in [0.15, 0.2) is 0 Å². The smallest absolute Gasteiger partial charge is 0.0432 e. The zero-order valence-electron chi connectivity index (χ0n) is 11.0. The molecule has 0 atom stereocenters. The highest BCUT2D eigenvalue weighted by atomic mass is 79.9. The summed E-state index contributed by atoms with van der Waals surface area (Å²) in [4.78, 5) is 2.52. The van der Waals surface area contributed by atoms with Crippen molar-refractivity contribution in [3.05, 3.63) is 65.2 Å². The van der Waals surface area contributed by atoms with Crippen LogP contribution < -0.4 is 4.90 Å². The molecule has 0 aromatic heterocycles. The molecule has 1 aliphatic heterocycles. The maximum atomic E-state index is 3.60. The molecule has 19 heavy (non-hydrogen) atoms. The molecule has 1 aliphatic rings. The van der Waals surface area contributed by atoms with Crippen LogP contribution in [0.3, 0.4) is 0 Å². The third kappa shape index (κ3) is 2.69. The van der Waals surface area contributed by atoms with Crippen LogP contribution in [0, 0.1) is 0 Å². The van der Waals surface area contributed by atoms with Crippen LogP contribution in [0.4, 0.5) is 5.69 Å². The molecule has 0 unspecified atom stereocenters. The zero-order valence-corrected chi connectivity index (χ0v) is 12.6. The average molecular weight is 316 g/mol. The van der Waals surface area contributed by atoms with Crippen LogP contribution in [-0.2, 0) is 18.3 Å². The number of fused-ring (bicyclic) bond motifs is 1. The van der Waals surface area contributed by atoms with Crippen molar-refractivity contribution in [2.75, 3.05) is 11.4 Å². The normalized spacial score (nSPS) is 14.9. The van der Waals surface area contributed by atoms with Gasteiger partial charge in [-0.1, -0.05) is 58.4 Å². The maximum absolute atomic E-state index is 3.60. The van der Waals surface area contributed by atoms with Gasteiger partial charge < -0.3 is 4.90 Å². The maximum Gasteiger partial charge on any atom is 0.0432 e. The van der Waals surface area contributed by atoms with Crippen LogP contribution in [0.1, 0.15) is 23.1 Å². The fourth-order valence-corrected chi connectivity index (χ4v) is 3.31. The average Bonchev–Trinajstić information content (AvgIpc) is 2.69. The summed E-state index contributed by atoms with van der Waals surface area (Å²) in [5.41, 5.74) is 5.74. The molecule has 0 aliphatic carbocycles. The van der Waals surface area contributed by atoms with E-state index in [1.807, 2.05) is 0 Å². The Morgan fingerprint density at radius 3 is 2.53 bits per heavy atom. The standard InChI is InChI=1S/C17H18BrN/c18-12-15-7-3-4-10-17(15)19-11-5-9-14-6-1-2-8-16(14)13-19/h1-4,6-8,10H,5,9,11-13H2. The van der Waals surface area contributed by atoms with E-state index in [0.29, 0.717) is 0 Å². The molecule has 0 saturated carbocycles. The number of alkyl halides is 1. The Kier molecular flexibility index (Phi) is 3.88. The topological polar surface area (TPSA) is 3.24 Å². The Bertz CT molecular complexity index is 565. The molecule has 0 fully saturated rings. The van der Waals surface area contributed by atoms with Crippen LogP contribution in [0.15, 0.2) is 48.5 Å². The highest BCUT2D eigenvalue weighted by molar-refractivity contribution is 9.08. The number of rotatable bonds is 2. The number of nitrogens with zero attached hydrogens (tertiary/aromatic N) is 1. The Morgan fingerprint density at radius 1 is 0.947 bits per heavy atom. The van der Waals surface area contributed by atoms with Crippen molar-refractivity contribution in [3.8, 4) is 0 Å². The van der Waals surface area contributed by atoms with Gasteiger partial charge in [-0.25, -0.2) is 0 Å². The summed E-state index contributed by atoms with van der Waals surface area (Å²) in [5, 5.41) is 0.918. The van der Waals surface area contributed by atoms with Gasteiger partial charge in [0.2, 0.25) is 0 Å². The second kappa shape index (κ2) is 5.79. The van der Waals surface area contributed by atoms with E-state index in [-0.39, 0.29) is 0 Å². The highest BCUT2D eigenvalue weighted by Crippen LogP contribution is 2.27. The van der Waals surface area contributed by atoms with E-state index in [9.17, 15) is 0 Å². The van der Waals surface area contributed by atoms with Gasteiger partial charge in [0.25, 0.3) is 0 Å². The SMILES string of the molecule is BrCc1ccccc1N1CCCc2ccccc2C1. The second-order valence-electron chi connectivity index (χ2n) is 5.06. The van der Waals surface area contributed by atoms with Crippen LogP contribution in [0.5, 0.6) is 0 Å². The number of aryl methyl sites for hydroxylation is 1. The quantitative estimate of drug-likeness (QED) is 0.736. The van der Waals surface area contributed by atoms with E-state index < -0.39 is 0 Å². The third-order valence-corrected chi connectivity index (χ3v) is 4.43. The largest absolute Gasteiger partial charge is 0.367 e. The Hall–Kier alpha value is -1.28. The highest BCUT2D eigenvalue weighted by Gasteiger charge is 2.16. The summed E-state index contributed by atoms with van der Waals surface area (Å²) in [6.45, 7) is 2.17. The van der Waals surface area contributed by atoms with E-state index in [2.05, 4.69) is 69.4 Å². The molecule has 0 amide bonds. The van der Waals surface area contributed by atoms with Crippen molar-refractivity contribution in [1.82, 2.24) is 0 Å². The number of anilines is 1. The molecule has 98 valence electrons. The molecule has 2 heteroatoms. The van der Waals surface area contributed by atoms with Gasteiger partial charge in [-0.2, -0.15) is 0 Å². The minimum Gasteiger partial charge on any atom is -0.367 e. The van der Waals surface area contributed by atoms with E-state index in [4.69, 9.17) is 0 Å². The molecule has 0 N–H and O–H groups in total. The predicted octanol–water partition coefficient (Wildman–Crippen LogP) is 4.53. The minimum absolute atomic E-state index is 0.918. The fourth-order valence-electron chi connectivity index (χ4n) is 2.84. The van der Waals surface area contributed by atoms with E-state index in [1.165, 1.54) is 35.2 Å². The molecule has 3 rings (SSSR count). The van der Waals surface area contributed by atoms with Gasteiger partial charge in [-0.15, -0.1) is 0 Å². The molecule has 1 nitrogen and oxygen atoms in total. The van der Waals surface area contributed by atoms with Crippen molar-refractivity contribution >= 4 is 21.6 Å². The second-order valence-corrected chi connectivity index (χ2v) is 5.62. The molecule has 0 spiro atoms. The number of hydrogen-bond acceptors (Lipinski definition) is 1. The molecule has 0 radical (unpaired) electrons. The van der Waals surface area contributed by atoms with Crippen LogP contribution in [0.25, 0.3) is 0 Å². The number of para-hydroxylation sites is 1. The first-order valence-corrected chi connectivity index (χ1v) is 7.96. The molecule has 2 aromatic carbocycles. The summed E-state index contributed by atoms with van der Waals surface area (Å²) in [7, 11) is 0. The Balaban J connectivity index is 1.94. The first-order chi connectivity index (χ1) is 9.38. The number of halogens is 1. The molecule has 1 heterocycles. The van der Waals surface area contributed by atoms with Crippen molar-refractivity contribution in [2.24, 2.45) is 0 Å². The van der Waals surface area contributed by atoms with Crippen molar-refractivity contribution in [1.29, 1.82) is 0 Å². The zero-order chi connectivity index (χ0) is 13.1. The summed E-state index contributed by atoms with van der Waals surface area (Å²) in [6.07, 6.45) is 2.43. The van der Waals surface area contributed by atoms with Crippen molar-refractivity contribution in [2.45, 2.75) is 24.7 Å². The van der Waals surface area contributed by atoms with Gasteiger partial charge in [0.1, 0.15) is 0 Å². The van der Waals surface area contributed by atoms with Gasteiger partial charge >= 0.3 is 0 Å². The molecule has 0 saturated heterocycles. The lowest BCUT2D eigenvalue weighted by atomic mass is 10.0. The van der Waals surface area contributed by atoms with Gasteiger partial charge in [0, 0.05) is 24.1 Å². The summed E-state index contributed by atoms with van der Waals surface area (Å²) >= 11 is 3.60. The fraction of sp³-hybridized carbons (Fsp3) is 0.294. The Labute approximate surface area is 123 Å². The summed E-state index contributed by atoms with van der Waals surface area (Å²) < 4.78 is 0. The first-order valence-electron chi connectivity index (χ1n) is 6.84. The van der Waals surface area contributed by atoms with E-state index in [0.717, 1.165) is 18.4 Å². The van der Waals surface area contributed by atoms with E-state index in [1.54, 1.807) is 0 Å². The molecule has 2 aromatic rings. The lowest BCUT2D eigenvalue weighted by molar-refractivity contribution is 0.763. The molecule has 0 bridgehead atoms. The summed E-state index contributed by atoms with van der Waals surface area (Å²) in [6, 6.07) is 17.6. The van der Waals surface area contributed by atoms with Gasteiger partial charge in [-0.05, 0) is 35.6 Å². The van der Waals surface area contributed by atoms with Gasteiger partial charge in [-0.3, -0.25) is 0 Å². The van der Waals surface area contributed by atoms with Crippen LogP contribution >= 0.6 is 15.9 Å². The van der Waals surface area contributed by atoms with Crippen molar-refractivity contribution < 1.29 is 0 Å². The van der Waals surface area contributed by atoms with Gasteiger partial charge in [0.05, 0.1) is 0 Å². The predicted molar refractivity (Wildman–Crippen MR) is 84.9 cm³/mol. The summed E-state index contributed by atoms with van der Waals surface area (Å²) in [5.74, 6) is 0. The number of benzene rings is 2. The number of hydrogen-bond donors (Lipinski definition) is 0. The van der Waals surface area contributed by atoms with E-state index >= 15 is 0 Å². The first kappa shape index (κ1) is 12.7. The Morgan fingerprint density at radius 2 is 1.68 bits per heavy atom. The van der Waals surface area contributed by atoms with Crippen LogP contribution in [0.2, 0.25) is 0 Å². The lowest BCUT2D eigenvalue weighted by Gasteiger charge is -2.25. The van der Waals surface area contributed by atoms with Crippen molar-refractivity contribution in [3.63, 3.8) is 0 Å². The van der Waals surface area contributed by atoms with Crippen LogP contribution in [-0.4, -0.2) is 6.54 Å². The molecular weight excluding hydrogens is 298 g/mol. The minimum atomic E-state index is 0.918. The molecular formula is C17H18BrN. The third-order valence-electron chi connectivity index (χ3n) is 3.83. The monoisotopic (exact) mass is 315 g/mol. The lowest BCUT2D eigenvalue weighted by Crippen LogP contribution is -2.23.